The second kappa shape index (κ2) is 3.86. The van der Waals surface area contributed by atoms with Crippen LogP contribution in [0.2, 0.25) is 0 Å². The highest BCUT2D eigenvalue weighted by molar-refractivity contribution is 5.64. The first-order chi connectivity index (χ1) is 6.77. The van der Waals surface area contributed by atoms with Crippen LogP contribution in [0.5, 0.6) is 0 Å². The van der Waals surface area contributed by atoms with Gasteiger partial charge in [0.1, 0.15) is 0 Å². The number of benzene rings is 1. The van der Waals surface area contributed by atoms with Crippen molar-refractivity contribution in [3.63, 3.8) is 0 Å². The molecule has 1 aromatic carbocycles. The van der Waals surface area contributed by atoms with Crippen LogP contribution in [-0.4, -0.2) is 19.7 Å². The minimum absolute atomic E-state index is 0.103. The van der Waals surface area contributed by atoms with Crippen LogP contribution >= 0.6 is 0 Å². The SMILES string of the molecule is Nc1ccc(C2CNCCO2)cc1N. The standard InChI is InChI=1S/C10H15N3O/c11-8-2-1-7(5-9(8)12)10-6-13-3-4-14-10/h1-2,5,10,13H,3-4,6,11-12H2. The lowest BCUT2D eigenvalue weighted by Crippen LogP contribution is -2.33. The first-order valence-electron chi connectivity index (χ1n) is 4.74. The number of hydrogen-bond donors (Lipinski definition) is 3. The number of hydrogen-bond acceptors (Lipinski definition) is 4. The van der Waals surface area contributed by atoms with Gasteiger partial charge in [-0.1, -0.05) is 6.07 Å². The minimum atomic E-state index is 0.103. The summed E-state index contributed by atoms with van der Waals surface area (Å²) in [7, 11) is 0. The Bertz CT molecular complexity index is 321. The van der Waals surface area contributed by atoms with E-state index in [1.54, 1.807) is 0 Å². The maximum Gasteiger partial charge on any atom is 0.0950 e. The molecule has 1 fully saturated rings. The molecule has 0 aliphatic carbocycles. The third kappa shape index (κ3) is 1.81. The van der Waals surface area contributed by atoms with Gasteiger partial charge < -0.3 is 21.5 Å². The molecule has 0 bridgehead atoms. The highest BCUT2D eigenvalue weighted by Crippen LogP contribution is 2.24. The van der Waals surface area contributed by atoms with Gasteiger partial charge in [-0.15, -0.1) is 0 Å². The van der Waals surface area contributed by atoms with E-state index in [4.69, 9.17) is 16.2 Å². The van der Waals surface area contributed by atoms with Crippen molar-refractivity contribution in [1.82, 2.24) is 5.32 Å². The van der Waals surface area contributed by atoms with E-state index in [1.165, 1.54) is 0 Å². The van der Waals surface area contributed by atoms with Crippen LogP contribution in [0.1, 0.15) is 11.7 Å². The van der Waals surface area contributed by atoms with Crippen molar-refractivity contribution in [3.8, 4) is 0 Å². The van der Waals surface area contributed by atoms with Gasteiger partial charge >= 0.3 is 0 Å². The lowest BCUT2D eigenvalue weighted by atomic mass is 10.1. The molecule has 5 N–H and O–H groups in total. The van der Waals surface area contributed by atoms with Gasteiger partial charge in [-0.2, -0.15) is 0 Å². The maximum absolute atomic E-state index is 5.73. The van der Waals surface area contributed by atoms with E-state index in [9.17, 15) is 0 Å². The third-order valence-electron chi connectivity index (χ3n) is 2.41. The monoisotopic (exact) mass is 193 g/mol. The molecule has 14 heavy (non-hydrogen) atoms. The molecule has 1 heterocycles. The van der Waals surface area contributed by atoms with Crippen LogP contribution in [0, 0.1) is 0 Å². The Hall–Kier alpha value is -1.26. The van der Waals surface area contributed by atoms with Gasteiger partial charge in [0.2, 0.25) is 0 Å². The predicted molar refractivity (Wildman–Crippen MR) is 56.8 cm³/mol. The van der Waals surface area contributed by atoms with Crippen LogP contribution in [0.15, 0.2) is 18.2 Å². The molecular formula is C10H15N3O. The van der Waals surface area contributed by atoms with Crippen molar-refractivity contribution in [3.05, 3.63) is 23.8 Å². The van der Waals surface area contributed by atoms with Crippen molar-refractivity contribution in [2.45, 2.75) is 6.10 Å². The normalized spacial score (nSPS) is 22.1. The Balaban J connectivity index is 2.18. The molecule has 1 unspecified atom stereocenters. The predicted octanol–water partition coefficient (Wildman–Crippen LogP) is 0.512. The molecule has 1 atom stereocenters. The van der Waals surface area contributed by atoms with E-state index in [0.717, 1.165) is 25.3 Å². The fourth-order valence-corrected chi connectivity index (χ4v) is 1.57. The number of anilines is 2. The molecule has 0 amide bonds. The van der Waals surface area contributed by atoms with E-state index in [1.807, 2.05) is 18.2 Å². The summed E-state index contributed by atoms with van der Waals surface area (Å²) in [5.74, 6) is 0. The van der Waals surface area contributed by atoms with E-state index in [-0.39, 0.29) is 6.10 Å². The molecule has 2 rings (SSSR count). The quantitative estimate of drug-likeness (QED) is 0.568. The van der Waals surface area contributed by atoms with Gasteiger partial charge in [-0.05, 0) is 17.7 Å². The summed E-state index contributed by atoms with van der Waals surface area (Å²) < 4.78 is 5.60. The summed E-state index contributed by atoms with van der Waals surface area (Å²) >= 11 is 0. The number of nitrogens with two attached hydrogens (primary N) is 2. The molecule has 1 saturated heterocycles. The summed E-state index contributed by atoms with van der Waals surface area (Å²) in [6.07, 6.45) is 0.103. The lowest BCUT2D eigenvalue weighted by molar-refractivity contribution is 0.0277. The number of nitrogens with one attached hydrogen (secondary N) is 1. The van der Waals surface area contributed by atoms with E-state index in [0.29, 0.717) is 11.4 Å². The van der Waals surface area contributed by atoms with Gasteiger partial charge in [0, 0.05) is 13.1 Å². The molecule has 1 aromatic rings. The van der Waals surface area contributed by atoms with Crippen LogP contribution in [0.25, 0.3) is 0 Å². The van der Waals surface area contributed by atoms with Gasteiger partial charge in [0.25, 0.3) is 0 Å². The average Bonchev–Trinajstić information content (AvgIpc) is 2.23. The largest absolute Gasteiger partial charge is 0.397 e. The highest BCUT2D eigenvalue weighted by Gasteiger charge is 2.15. The van der Waals surface area contributed by atoms with E-state index in [2.05, 4.69) is 5.32 Å². The fourth-order valence-electron chi connectivity index (χ4n) is 1.57. The van der Waals surface area contributed by atoms with Crippen LogP contribution in [-0.2, 0) is 4.74 Å². The van der Waals surface area contributed by atoms with Crippen LogP contribution in [0.3, 0.4) is 0 Å². The second-order valence-corrected chi connectivity index (χ2v) is 3.45. The zero-order valence-corrected chi connectivity index (χ0v) is 7.99. The molecule has 4 nitrogen and oxygen atoms in total. The summed E-state index contributed by atoms with van der Waals surface area (Å²) in [6.45, 7) is 2.50. The van der Waals surface area contributed by atoms with Gasteiger partial charge in [-0.3, -0.25) is 0 Å². The molecule has 76 valence electrons. The number of rotatable bonds is 1. The highest BCUT2D eigenvalue weighted by atomic mass is 16.5. The maximum atomic E-state index is 5.73. The fraction of sp³-hybridized carbons (Fsp3) is 0.400. The summed E-state index contributed by atoms with van der Waals surface area (Å²) in [5.41, 5.74) is 13.7. The minimum Gasteiger partial charge on any atom is -0.397 e. The first-order valence-corrected chi connectivity index (χ1v) is 4.74. The van der Waals surface area contributed by atoms with Crippen molar-refractivity contribution in [1.29, 1.82) is 0 Å². The second-order valence-electron chi connectivity index (χ2n) is 3.45. The molecule has 0 spiro atoms. The molecular weight excluding hydrogens is 178 g/mol. The van der Waals surface area contributed by atoms with Crippen molar-refractivity contribution < 1.29 is 4.74 Å². The van der Waals surface area contributed by atoms with Crippen LogP contribution < -0.4 is 16.8 Å². The third-order valence-corrected chi connectivity index (χ3v) is 2.41. The molecule has 1 aliphatic heterocycles. The first kappa shape index (κ1) is 9.30. The molecule has 1 aliphatic rings. The summed E-state index contributed by atoms with van der Waals surface area (Å²) in [6, 6.07) is 5.67. The van der Waals surface area contributed by atoms with Crippen molar-refractivity contribution in [2.24, 2.45) is 0 Å². The molecule has 4 heteroatoms. The van der Waals surface area contributed by atoms with E-state index < -0.39 is 0 Å². The average molecular weight is 193 g/mol. The van der Waals surface area contributed by atoms with Crippen molar-refractivity contribution in [2.75, 3.05) is 31.2 Å². The zero-order valence-electron chi connectivity index (χ0n) is 7.99. The number of ether oxygens (including phenoxy) is 1. The van der Waals surface area contributed by atoms with E-state index >= 15 is 0 Å². The zero-order chi connectivity index (χ0) is 9.97. The van der Waals surface area contributed by atoms with Crippen LogP contribution in [0.4, 0.5) is 11.4 Å². The number of nitrogen functional groups attached to an aromatic ring is 2. The lowest BCUT2D eigenvalue weighted by Gasteiger charge is -2.24. The van der Waals surface area contributed by atoms with Gasteiger partial charge in [0.05, 0.1) is 24.1 Å². The summed E-state index contributed by atoms with van der Waals surface area (Å²) in [5, 5.41) is 3.27. The Morgan fingerprint density at radius 1 is 1.29 bits per heavy atom. The topological polar surface area (TPSA) is 73.3 Å². The van der Waals surface area contributed by atoms with Crippen molar-refractivity contribution >= 4 is 11.4 Å². The Morgan fingerprint density at radius 2 is 2.14 bits per heavy atom. The Labute approximate surface area is 83.2 Å². The smallest absolute Gasteiger partial charge is 0.0950 e. The molecule has 0 saturated carbocycles. The Kier molecular flexibility index (Phi) is 2.56. The molecule has 0 radical (unpaired) electrons. The Morgan fingerprint density at radius 3 is 2.79 bits per heavy atom. The van der Waals surface area contributed by atoms with Gasteiger partial charge in [-0.25, -0.2) is 0 Å². The number of morpholine rings is 1. The summed E-state index contributed by atoms with van der Waals surface area (Å²) in [4.78, 5) is 0. The van der Waals surface area contributed by atoms with Gasteiger partial charge in [0.15, 0.2) is 0 Å². The molecule has 0 aromatic heterocycles.